The number of nitrogens with one attached hydrogen (secondary N) is 1. The topological polar surface area (TPSA) is 55.7 Å². The van der Waals surface area contributed by atoms with Gasteiger partial charge in [0, 0.05) is 25.0 Å². The molecule has 0 bridgehead atoms. The summed E-state index contributed by atoms with van der Waals surface area (Å²) in [5, 5.41) is 23.2. The van der Waals surface area contributed by atoms with Crippen molar-refractivity contribution in [1.29, 1.82) is 0 Å². The number of β-amino-alcohol motifs (C(OH)–C–C–N with tert-alkyl or cyclic N) is 1. The number of rotatable bonds is 3. The van der Waals surface area contributed by atoms with Crippen LogP contribution in [0.1, 0.15) is 19.8 Å². The Morgan fingerprint density at radius 2 is 2.13 bits per heavy atom. The van der Waals surface area contributed by atoms with Crippen molar-refractivity contribution < 1.29 is 10.2 Å². The summed E-state index contributed by atoms with van der Waals surface area (Å²) in [6.45, 7) is 6.43. The largest absolute Gasteiger partial charge is 0.396 e. The van der Waals surface area contributed by atoms with Crippen LogP contribution in [-0.2, 0) is 0 Å². The van der Waals surface area contributed by atoms with Crippen LogP contribution < -0.4 is 5.32 Å². The molecular weight excluding hydrogens is 192 g/mol. The maximum Gasteiger partial charge on any atom is 0.0985 e. The first-order chi connectivity index (χ1) is 7.16. The van der Waals surface area contributed by atoms with E-state index >= 15 is 0 Å². The van der Waals surface area contributed by atoms with Gasteiger partial charge in [-0.1, -0.05) is 6.92 Å². The lowest BCUT2D eigenvalue weighted by molar-refractivity contribution is -0.164. The van der Waals surface area contributed by atoms with Gasteiger partial charge in [0.2, 0.25) is 0 Å². The molecule has 0 aliphatic carbocycles. The minimum atomic E-state index is -0.685. The Labute approximate surface area is 91.3 Å². The molecule has 2 heterocycles. The van der Waals surface area contributed by atoms with Crippen molar-refractivity contribution in [3.05, 3.63) is 0 Å². The summed E-state index contributed by atoms with van der Waals surface area (Å²) >= 11 is 0. The van der Waals surface area contributed by atoms with Crippen LogP contribution in [0.3, 0.4) is 0 Å². The Balaban J connectivity index is 2.13. The van der Waals surface area contributed by atoms with Crippen LogP contribution >= 0.6 is 0 Å². The molecule has 1 unspecified atom stereocenters. The molecule has 2 fully saturated rings. The van der Waals surface area contributed by atoms with Crippen molar-refractivity contribution in [3.63, 3.8) is 0 Å². The van der Waals surface area contributed by atoms with E-state index in [2.05, 4.69) is 17.1 Å². The fraction of sp³-hybridized carbons (Fsp3) is 1.00. The van der Waals surface area contributed by atoms with E-state index in [-0.39, 0.29) is 12.0 Å². The highest BCUT2D eigenvalue weighted by Gasteiger charge is 2.54. The third-order valence-corrected chi connectivity index (χ3v) is 4.23. The summed E-state index contributed by atoms with van der Waals surface area (Å²) in [6.07, 6.45) is 2.02. The maximum absolute atomic E-state index is 10.4. The molecule has 2 aliphatic rings. The van der Waals surface area contributed by atoms with Crippen LogP contribution in [-0.4, -0.2) is 60.0 Å². The Kier molecular flexibility index (Phi) is 3.03. The quantitative estimate of drug-likeness (QED) is 0.588. The second kappa shape index (κ2) is 4.01. The molecule has 0 aromatic carbocycles. The summed E-state index contributed by atoms with van der Waals surface area (Å²) in [4.78, 5) is 2.33. The van der Waals surface area contributed by atoms with Gasteiger partial charge >= 0.3 is 0 Å². The molecule has 1 atom stereocenters. The highest BCUT2D eigenvalue weighted by molar-refractivity contribution is 5.09. The molecule has 2 rings (SSSR count). The number of piperidine rings is 1. The molecule has 2 aliphatic heterocycles. The molecule has 0 saturated carbocycles. The minimum absolute atomic E-state index is 0.0989. The van der Waals surface area contributed by atoms with Gasteiger partial charge in [0.15, 0.2) is 0 Å². The number of hydrogen-bond acceptors (Lipinski definition) is 4. The zero-order chi connectivity index (χ0) is 10.9. The van der Waals surface area contributed by atoms with Crippen LogP contribution in [0, 0.1) is 5.41 Å². The zero-order valence-electron chi connectivity index (χ0n) is 9.50. The third-order valence-electron chi connectivity index (χ3n) is 4.23. The maximum atomic E-state index is 10.4. The van der Waals surface area contributed by atoms with Gasteiger partial charge in [-0.05, 0) is 25.9 Å². The van der Waals surface area contributed by atoms with Gasteiger partial charge in [-0.3, -0.25) is 0 Å². The van der Waals surface area contributed by atoms with Gasteiger partial charge in [-0.15, -0.1) is 0 Å². The standard InChI is InChI=1S/C11H22N2O2/c1-2-13-5-3-4-10(8-13,9-14)11(15)6-12-7-11/h12,14-15H,2-9H2,1H3. The van der Waals surface area contributed by atoms with Gasteiger partial charge in [0.05, 0.1) is 12.2 Å². The van der Waals surface area contributed by atoms with E-state index in [9.17, 15) is 10.2 Å². The normalized spacial score (nSPS) is 36.2. The van der Waals surface area contributed by atoms with Crippen molar-refractivity contribution in [2.24, 2.45) is 5.41 Å². The Bertz CT molecular complexity index is 231. The molecule has 0 aromatic rings. The Hall–Kier alpha value is -0.160. The Morgan fingerprint density at radius 3 is 2.60 bits per heavy atom. The van der Waals surface area contributed by atoms with Crippen LogP contribution in [0.4, 0.5) is 0 Å². The van der Waals surface area contributed by atoms with E-state index in [0.29, 0.717) is 13.1 Å². The van der Waals surface area contributed by atoms with Gasteiger partial charge in [-0.2, -0.15) is 0 Å². The summed E-state index contributed by atoms with van der Waals surface area (Å²) in [5.74, 6) is 0. The number of nitrogens with zero attached hydrogens (tertiary/aromatic N) is 1. The van der Waals surface area contributed by atoms with E-state index in [1.165, 1.54) is 0 Å². The summed E-state index contributed by atoms with van der Waals surface area (Å²) in [6, 6.07) is 0. The zero-order valence-corrected chi connectivity index (χ0v) is 9.50. The SMILES string of the molecule is CCN1CCCC(CO)(C2(O)CNC2)C1. The fourth-order valence-corrected chi connectivity index (χ4v) is 2.89. The van der Waals surface area contributed by atoms with Crippen LogP contribution in [0.5, 0.6) is 0 Å². The summed E-state index contributed by atoms with van der Waals surface area (Å²) < 4.78 is 0. The van der Waals surface area contributed by atoms with Crippen LogP contribution in [0.15, 0.2) is 0 Å². The summed E-state index contributed by atoms with van der Waals surface area (Å²) in [7, 11) is 0. The molecule has 0 spiro atoms. The highest BCUT2D eigenvalue weighted by Crippen LogP contribution is 2.41. The van der Waals surface area contributed by atoms with Gasteiger partial charge < -0.3 is 20.4 Å². The second-order valence-corrected chi connectivity index (χ2v) is 5.05. The van der Waals surface area contributed by atoms with E-state index in [1.54, 1.807) is 0 Å². The predicted octanol–water partition coefficient (Wildman–Crippen LogP) is -0.585. The molecule has 2 saturated heterocycles. The molecule has 0 amide bonds. The van der Waals surface area contributed by atoms with Crippen molar-refractivity contribution in [3.8, 4) is 0 Å². The van der Waals surface area contributed by atoms with Gasteiger partial charge in [0.25, 0.3) is 0 Å². The van der Waals surface area contributed by atoms with E-state index in [1.807, 2.05) is 0 Å². The minimum Gasteiger partial charge on any atom is -0.396 e. The fourth-order valence-electron chi connectivity index (χ4n) is 2.89. The smallest absolute Gasteiger partial charge is 0.0985 e. The van der Waals surface area contributed by atoms with E-state index < -0.39 is 5.60 Å². The first-order valence-electron chi connectivity index (χ1n) is 5.92. The summed E-state index contributed by atoms with van der Waals surface area (Å²) in [5.41, 5.74) is -0.984. The molecule has 4 heteroatoms. The van der Waals surface area contributed by atoms with E-state index in [0.717, 1.165) is 32.5 Å². The van der Waals surface area contributed by atoms with Gasteiger partial charge in [-0.25, -0.2) is 0 Å². The highest BCUT2D eigenvalue weighted by atomic mass is 16.3. The van der Waals surface area contributed by atoms with Crippen LogP contribution in [0.2, 0.25) is 0 Å². The van der Waals surface area contributed by atoms with Crippen molar-refractivity contribution in [2.45, 2.75) is 25.4 Å². The third kappa shape index (κ3) is 1.69. The van der Waals surface area contributed by atoms with Crippen LogP contribution in [0.25, 0.3) is 0 Å². The first-order valence-corrected chi connectivity index (χ1v) is 5.92. The number of likely N-dealkylation sites (tertiary alicyclic amines) is 1. The number of aliphatic hydroxyl groups is 2. The molecule has 15 heavy (non-hydrogen) atoms. The first kappa shape index (κ1) is 11.3. The molecule has 0 aromatic heterocycles. The molecular formula is C11H22N2O2. The van der Waals surface area contributed by atoms with Crippen molar-refractivity contribution in [2.75, 3.05) is 39.3 Å². The molecule has 0 radical (unpaired) electrons. The lowest BCUT2D eigenvalue weighted by atomic mass is 9.64. The average molecular weight is 214 g/mol. The monoisotopic (exact) mass is 214 g/mol. The Morgan fingerprint density at radius 1 is 1.40 bits per heavy atom. The number of hydrogen-bond donors (Lipinski definition) is 3. The lowest BCUT2D eigenvalue weighted by Crippen LogP contribution is -2.72. The average Bonchev–Trinajstić information content (AvgIpc) is 2.25. The molecule has 88 valence electrons. The van der Waals surface area contributed by atoms with Crippen molar-refractivity contribution in [1.82, 2.24) is 10.2 Å². The number of aliphatic hydroxyl groups excluding tert-OH is 1. The molecule has 3 N–H and O–H groups in total. The lowest BCUT2D eigenvalue weighted by Gasteiger charge is -2.55. The predicted molar refractivity (Wildman–Crippen MR) is 58.7 cm³/mol. The second-order valence-electron chi connectivity index (χ2n) is 5.05. The van der Waals surface area contributed by atoms with E-state index in [4.69, 9.17) is 0 Å². The molecule has 4 nitrogen and oxygen atoms in total. The van der Waals surface area contributed by atoms with Gasteiger partial charge in [0.1, 0.15) is 0 Å². The van der Waals surface area contributed by atoms with Crippen molar-refractivity contribution >= 4 is 0 Å².